The lowest BCUT2D eigenvalue weighted by Gasteiger charge is -2.50. The lowest BCUT2D eigenvalue weighted by atomic mass is 9.91. The third-order valence-electron chi connectivity index (χ3n) is 5.80. The summed E-state index contributed by atoms with van der Waals surface area (Å²) in [6, 6.07) is 5.37. The molecule has 2 aliphatic rings. The summed E-state index contributed by atoms with van der Waals surface area (Å²) in [5.41, 5.74) is 2.50. The van der Waals surface area contributed by atoms with Gasteiger partial charge in [0.2, 0.25) is 0 Å². The molecule has 0 radical (unpaired) electrons. The molecule has 0 bridgehead atoms. The number of aromatic nitrogens is 4. The van der Waals surface area contributed by atoms with Crippen molar-refractivity contribution in [3.63, 3.8) is 0 Å². The summed E-state index contributed by atoms with van der Waals surface area (Å²) in [5.74, 6) is -1.97. The largest absolute Gasteiger partial charge is 0.479 e. The van der Waals surface area contributed by atoms with Gasteiger partial charge in [-0.05, 0) is 32.9 Å². The van der Waals surface area contributed by atoms with E-state index in [4.69, 9.17) is 18.9 Å². The Morgan fingerprint density at radius 3 is 2.94 bits per heavy atom. The van der Waals surface area contributed by atoms with E-state index in [2.05, 4.69) is 15.3 Å². The zero-order valence-electron chi connectivity index (χ0n) is 18.1. The Morgan fingerprint density at radius 1 is 1.38 bits per heavy atom. The smallest absolute Gasteiger partial charge is 0.335 e. The van der Waals surface area contributed by atoms with E-state index in [9.17, 15) is 9.90 Å². The fourth-order valence-electron chi connectivity index (χ4n) is 4.37. The van der Waals surface area contributed by atoms with Crippen LogP contribution in [0.3, 0.4) is 0 Å². The Labute approximate surface area is 188 Å². The number of hydrogen-bond donors (Lipinski definition) is 1. The van der Waals surface area contributed by atoms with Gasteiger partial charge in [0.1, 0.15) is 30.0 Å². The number of carboxylic acid groups (broad SMARTS) is 1. The molecule has 170 valence electrons. The van der Waals surface area contributed by atoms with Crippen LogP contribution < -0.4 is 0 Å². The average Bonchev–Trinajstić information content (AvgIpc) is 3.36. The first-order chi connectivity index (χ1) is 15.3. The first-order valence-corrected chi connectivity index (χ1v) is 11.1. The van der Waals surface area contributed by atoms with Gasteiger partial charge in [0.05, 0.1) is 28.0 Å². The predicted molar refractivity (Wildman–Crippen MR) is 114 cm³/mol. The summed E-state index contributed by atoms with van der Waals surface area (Å²) in [6.07, 6.45) is -1.34. The van der Waals surface area contributed by atoms with Gasteiger partial charge in [0.25, 0.3) is 0 Å². The second kappa shape index (κ2) is 7.85. The minimum Gasteiger partial charge on any atom is -0.479 e. The van der Waals surface area contributed by atoms with Crippen molar-refractivity contribution in [2.75, 3.05) is 13.7 Å². The summed E-state index contributed by atoms with van der Waals surface area (Å²) in [6.45, 7) is 5.80. The van der Waals surface area contributed by atoms with Crippen LogP contribution in [0.5, 0.6) is 0 Å². The number of methoxy groups -OCH3 is 1. The van der Waals surface area contributed by atoms with E-state index in [0.717, 1.165) is 20.8 Å². The van der Waals surface area contributed by atoms with Crippen LogP contribution in [0.15, 0.2) is 24.4 Å². The molecule has 5 rings (SSSR count). The minimum absolute atomic E-state index is 0.206. The number of rotatable bonds is 4. The van der Waals surface area contributed by atoms with Crippen molar-refractivity contribution in [2.24, 2.45) is 0 Å². The van der Waals surface area contributed by atoms with Gasteiger partial charge in [0.15, 0.2) is 11.9 Å². The number of fused-ring (bicyclic) bond motifs is 2. The SMILES string of the molecule is CO[C@@H]1[C@@H](n2cc(-c3ccc4nc(C)sc4c3)nn2)[C@H]2OC(C)(C)OC[C@H]2O[C@H]1C(=O)O. The minimum atomic E-state index is -1.19. The summed E-state index contributed by atoms with van der Waals surface area (Å²) in [5, 5.41) is 19.4. The average molecular weight is 461 g/mol. The standard InChI is InChI=1S/C21H24N4O6S/c1-10-22-12-6-5-11(7-15(12)32-10)13-8-25(24-23-13)16-17-14(9-29-21(2,3)31-17)30-19(20(26)27)18(16)28-4/h5-8,14,16-19H,9H2,1-4H3,(H,26,27)/t14-,16+,17+,18-,19-/m1/s1. The van der Waals surface area contributed by atoms with Crippen molar-refractivity contribution in [1.29, 1.82) is 0 Å². The maximum Gasteiger partial charge on any atom is 0.335 e. The molecule has 11 heteroatoms. The molecule has 2 saturated heterocycles. The van der Waals surface area contributed by atoms with E-state index >= 15 is 0 Å². The number of thiazole rings is 1. The quantitative estimate of drug-likeness (QED) is 0.626. The van der Waals surface area contributed by atoms with Gasteiger partial charge in [-0.25, -0.2) is 14.5 Å². The van der Waals surface area contributed by atoms with Crippen LogP contribution in [0.1, 0.15) is 24.9 Å². The van der Waals surface area contributed by atoms with Crippen LogP contribution in [0.4, 0.5) is 0 Å². The second-order valence-electron chi connectivity index (χ2n) is 8.42. The molecule has 1 aromatic carbocycles. The fraction of sp³-hybridized carbons (Fsp3) is 0.524. The van der Waals surface area contributed by atoms with Crippen molar-refractivity contribution < 1.29 is 28.8 Å². The maximum atomic E-state index is 11.9. The Hall–Kier alpha value is -2.44. The van der Waals surface area contributed by atoms with Crippen molar-refractivity contribution in [3.05, 3.63) is 29.4 Å². The van der Waals surface area contributed by atoms with E-state index in [0.29, 0.717) is 5.69 Å². The first kappa shape index (κ1) is 21.4. The maximum absolute atomic E-state index is 11.9. The number of aliphatic carboxylic acids is 1. The molecule has 2 aliphatic heterocycles. The van der Waals surface area contributed by atoms with Crippen LogP contribution in [-0.4, -0.2) is 75.0 Å². The molecule has 10 nitrogen and oxygen atoms in total. The van der Waals surface area contributed by atoms with Crippen LogP contribution in [-0.2, 0) is 23.7 Å². The van der Waals surface area contributed by atoms with E-state index in [1.807, 2.05) is 39.0 Å². The highest BCUT2D eigenvalue weighted by Gasteiger charge is 2.54. The number of aryl methyl sites for hydroxylation is 1. The molecule has 2 fully saturated rings. The summed E-state index contributed by atoms with van der Waals surface area (Å²) in [7, 11) is 1.46. The van der Waals surface area contributed by atoms with Gasteiger partial charge in [-0.2, -0.15) is 0 Å². The molecule has 0 aliphatic carbocycles. The van der Waals surface area contributed by atoms with Crippen molar-refractivity contribution in [1.82, 2.24) is 20.0 Å². The number of hydrogen-bond acceptors (Lipinski definition) is 9. The topological polar surface area (TPSA) is 118 Å². The Morgan fingerprint density at radius 2 is 2.19 bits per heavy atom. The molecule has 32 heavy (non-hydrogen) atoms. The van der Waals surface area contributed by atoms with Gasteiger partial charge in [-0.15, -0.1) is 16.4 Å². The van der Waals surface area contributed by atoms with Gasteiger partial charge in [-0.1, -0.05) is 11.3 Å². The molecule has 4 heterocycles. The molecule has 2 aromatic heterocycles. The lowest BCUT2D eigenvalue weighted by molar-refractivity contribution is -0.347. The van der Waals surface area contributed by atoms with Gasteiger partial charge in [0, 0.05) is 12.7 Å². The monoisotopic (exact) mass is 460 g/mol. The highest BCUT2D eigenvalue weighted by atomic mass is 32.1. The summed E-state index contributed by atoms with van der Waals surface area (Å²) >= 11 is 1.62. The van der Waals surface area contributed by atoms with Gasteiger partial charge >= 0.3 is 5.97 Å². The van der Waals surface area contributed by atoms with E-state index in [1.165, 1.54) is 7.11 Å². The molecular formula is C21H24N4O6S. The highest BCUT2D eigenvalue weighted by molar-refractivity contribution is 7.18. The van der Waals surface area contributed by atoms with Crippen molar-refractivity contribution in [3.8, 4) is 11.3 Å². The number of nitrogens with zero attached hydrogens (tertiary/aromatic N) is 4. The Balaban J connectivity index is 1.53. The van der Waals surface area contributed by atoms with Crippen LogP contribution >= 0.6 is 11.3 Å². The third-order valence-corrected chi connectivity index (χ3v) is 6.73. The van der Waals surface area contributed by atoms with E-state index in [-0.39, 0.29) is 6.61 Å². The van der Waals surface area contributed by atoms with E-state index < -0.39 is 42.2 Å². The number of benzene rings is 1. The van der Waals surface area contributed by atoms with Gasteiger partial charge < -0.3 is 24.1 Å². The second-order valence-corrected chi connectivity index (χ2v) is 9.65. The highest BCUT2D eigenvalue weighted by Crippen LogP contribution is 2.39. The molecule has 0 amide bonds. The van der Waals surface area contributed by atoms with Crippen LogP contribution in [0.25, 0.3) is 21.5 Å². The molecule has 3 aromatic rings. The molecular weight excluding hydrogens is 436 g/mol. The van der Waals surface area contributed by atoms with Crippen LogP contribution in [0.2, 0.25) is 0 Å². The number of carbonyl (C=O) groups is 1. The molecule has 0 saturated carbocycles. The third kappa shape index (κ3) is 3.69. The van der Waals surface area contributed by atoms with Crippen LogP contribution in [0, 0.1) is 6.92 Å². The molecule has 5 atom stereocenters. The zero-order valence-corrected chi connectivity index (χ0v) is 18.9. The number of ether oxygens (including phenoxy) is 4. The molecule has 1 N–H and O–H groups in total. The first-order valence-electron chi connectivity index (χ1n) is 10.3. The number of carboxylic acids is 1. The Bertz CT molecular complexity index is 1160. The molecule has 0 spiro atoms. The summed E-state index contributed by atoms with van der Waals surface area (Å²) in [4.78, 5) is 16.4. The zero-order chi connectivity index (χ0) is 22.6. The predicted octanol–water partition coefficient (Wildman–Crippen LogP) is 2.42. The Kier molecular flexibility index (Phi) is 5.25. The van der Waals surface area contributed by atoms with Crippen molar-refractivity contribution in [2.45, 2.75) is 57.0 Å². The van der Waals surface area contributed by atoms with Crippen molar-refractivity contribution >= 4 is 27.5 Å². The molecule has 0 unspecified atom stereocenters. The normalized spacial score (nSPS) is 29.7. The lowest BCUT2D eigenvalue weighted by Crippen LogP contribution is -2.64. The fourth-order valence-corrected chi connectivity index (χ4v) is 5.24. The van der Waals surface area contributed by atoms with Gasteiger partial charge in [-0.3, -0.25) is 0 Å². The summed E-state index contributed by atoms with van der Waals surface area (Å²) < 4.78 is 26.0. The van der Waals surface area contributed by atoms with E-state index in [1.54, 1.807) is 22.2 Å².